The third kappa shape index (κ3) is 3.31. The van der Waals surface area contributed by atoms with Gasteiger partial charge < -0.3 is 0 Å². The number of rotatable bonds is 4. The van der Waals surface area contributed by atoms with Crippen molar-refractivity contribution in [3.05, 3.63) is 35.2 Å². The fourth-order valence-corrected chi connectivity index (χ4v) is 3.36. The van der Waals surface area contributed by atoms with Gasteiger partial charge in [-0.05, 0) is 40.7 Å². The van der Waals surface area contributed by atoms with Gasteiger partial charge in [-0.3, -0.25) is 11.3 Å². The van der Waals surface area contributed by atoms with Gasteiger partial charge in [0.1, 0.15) is 0 Å². The first-order valence-electron chi connectivity index (χ1n) is 6.41. The molecule has 2 nitrogen and oxygen atoms in total. The maximum Gasteiger partial charge on any atom is 0.0345 e. The van der Waals surface area contributed by atoms with E-state index in [-0.39, 0.29) is 0 Å². The Morgan fingerprint density at radius 3 is 2.67 bits per heavy atom. The lowest BCUT2D eigenvalue weighted by Gasteiger charge is -2.25. The molecule has 3 heteroatoms. The first-order valence-corrected chi connectivity index (χ1v) is 7.29. The minimum atomic E-state index is 0.295. The van der Waals surface area contributed by atoms with Gasteiger partial charge in [0.25, 0.3) is 0 Å². The van der Waals surface area contributed by atoms with E-state index in [9.17, 15) is 0 Å². The number of nitrogens with two attached hydrogens (primary N) is 1. The Morgan fingerprint density at radius 2 is 2.00 bits per heavy atom. The fourth-order valence-electron chi connectivity index (χ4n) is 2.39. The number of hydrazine groups is 1. The molecule has 3 N–H and O–H groups in total. The molecule has 0 saturated carbocycles. The molecule has 2 aromatic rings. The summed E-state index contributed by atoms with van der Waals surface area (Å²) in [5.41, 5.74) is 4.67. The standard InChI is InChI=1S/C15H22N2S/c1-15(2,3)9-12(17-16)8-11-10-18-14-7-5-4-6-13(11)14/h4-7,10,12,17H,8-9,16H2,1-3H3. The van der Waals surface area contributed by atoms with Crippen LogP contribution >= 0.6 is 11.3 Å². The first-order chi connectivity index (χ1) is 8.49. The predicted octanol–water partition coefficient (Wildman–Crippen LogP) is 3.71. The lowest BCUT2D eigenvalue weighted by molar-refractivity contribution is 0.309. The van der Waals surface area contributed by atoms with Crippen LogP contribution in [0.2, 0.25) is 0 Å². The van der Waals surface area contributed by atoms with Crippen LogP contribution in [0.4, 0.5) is 0 Å². The zero-order valence-electron chi connectivity index (χ0n) is 11.4. The Hall–Kier alpha value is -0.900. The summed E-state index contributed by atoms with van der Waals surface area (Å²) in [7, 11) is 0. The van der Waals surface area contributed by atoms with Crippen molar-refractivity contribution in [2.75, 3.05) is 0 Å². The van der Waals surface area contributed by atoms with Gasteiger partial charge in [0.2, 0.25) is 0 Å². The molecule has 0 radical (unpaired) electrons. The Kier molecular flexibility index (Phi) is 4.05. The molecule has 98 valence electrons. The molecule has 18 heavy (non-hydrogen) atoms. The topological polar surface area (TPSA) is 38.0 Å². The number of fused-ring (bicyclic) bond motifs is 1. The van der Waals surface area contributed by atoms with Gasteiger partial charge in [-0.25, -0.2) is 0 Å². The summed E-state index contributed by atoms with van der Waals surface area (Å²) in [5, 5.41) is 3.63. The molecule has 2 rings (SSSR count). The highest BCUT2D eigenvalue weighted by molar-refractivity contribution is 7.17. The zero-order chi connectivity index (χ0) is 13.2. The fraction of sp³-hybridized carbons (Fsp3) is 0.467. The van der Waals surface area contributed by atoms with Crippen LogP contribution in [0.3, 0.4) is 0 Å². The van der Waals surface area contributed by atoms with Crippen molar-refractivity contribution in [2.45, 2.75) is 39.7 Å². The Bertz CT molecular complexity index is 510. The van der Waals surface area contributed by atoms with Gasteiger partial charge in [-0.15, -0.1) is 11.3 Å². The molecule has 1 atom stereocenters. The molecule has 1 aromatic heterocycles. The zero-order valence-corrected chi connectivity index (χ0v) is 12.2. The predicted molar refractivity (Wildman–Crippen MR) is 80.7 cm³/mol. The molecule has 0 amide bonds. The average molecular weight is 262 g/mol. The van der Waals surface area contributed by atoms with Crippen molar-refractivity contribution in [1.82, 2.24) is 5.43 Å². The molecule has 0 bridgehead atoms. The van der Waals surface area contributed by atoms with E-state index in [0.29, 0.717) is 11.5 Å². The van der Waals surface area contributed by atoms with Crippen LogP contribution < -0.4 is 11.3 Å². The van der Waals surface area contributed by atoms with Crippen LogP contribution in [0.1, 0.15) is 32.8 Å². The molecule has 1 heterocycles. The SMILES string of the molecule is CC(C)(C)CC(Cc1csc2ccccc12)NN. The van der Waals surface area contributed by atoms with E-state index in [1.165, 1.54) is 15.6 Å². The molecular weight excluding hydrogens is 240 g/mol. The first kappa shape index (κ1) is 13.5. The molecule has 0 spiro atoms. The summed E-state index contributed by atoms with van der Waals surface area (Å²) >= 11 is 1.82. The molecule has 1 aromatic carbocycles. The van der Waals surface area contributed by atoms with Crippen LogP contribution in [-0.2, 0) is 6.42 Å². The van der Waals surface area contributed by atoms with Crippen LogP contribution in [0.5, 0.6) is 0 Å². The Balaban J connectivity index is 2.17. The third-order valence-corrected chi connectivity index (χ3v) is 4.13. The normalized spacial score (nSPS) is 14.0. The van der Waals surface area contributed by atoms with Crippen molar-refractivity contribution in [1.29, 1.82) is 0 Å². The molecule has 0 aliphatic rings. The van der Waals surface area contributed by atoms with Crippen LogP contribution in [0, 0.1) is 5.41 Å². The second kappa shape index (κ2) is 5.39. The highest BCUT2D eigenvalue weighted by Gasteiger charge is 2.19. The minimum Gasteiger partial charge on any atom is -0.271 e. The second-order valence-electron chi connectivity index (χ2n) is 6.09. The maximum atomic E-state index is 5.69. The highest BCUT2D eigenvalue weighted by atomic mass is 32.1. The van der Waals surface area contributed by atoms with Crippen molar-refractivity contribution in [2.24, 2.45) is 11.3 Å². The van der Waals surface area contributed by atoms with Gasteiger partial charge in [-0.1, -0.05) is 39.0 Å². The monoisotopic (exact) mass is 262 g/mol. The van der Waals surface area contributed by atoms with E-state index in [1.54, 1.807) is 0 Å². The van der Waals surface area contributed by atoms with E-state index in [4.69, 9.17) is 5.84 Å². The molecular formula is C15H22N2S. The number of thiophene rings is 1. The quantitative estimate of drug-likeness (QED) is 0.651. The van der Waals surface area contributed by atoms with Crippen molar-refractivity contribution >= 4 is 21.4 Å². The van der Waals surface area contributed by atoms with E-state index < -0.39 is 0 Å². The molecule has 0 aliphatic carbocycles. The van der Waals surface area contributed by atoms with Gasteiger partial charge in [-0.2, -0.15) is 0 Å². The molecule has 0 saturated heterocycles. The second-order valence-corrected chi connectivity index (χ2v) is 7.00. The average Bonchev–Trinajstić information content (AvgIpc) is 2.70. The molecule has 0 fully saturated rings. The molecule has 0 aliphatic heterocycles. The Labute approximate surface area is 113 Å². The smallest absolute Gasteiger partial charge is 0.0345 e. The van der Waals surface area contributed by atoms with Crippen LogP contribution in [0.15, 0.2) is 29.6 Å². The van der Waals surface area contributed by atoms with Gasteiger partial charge >= 0.3 is 0 Å². The lowest BCUT2D eigenvalue weighted by Crippen LogP contribution is -2.39. The minimum absolute atomic E-state index is 0.295. The van der Waals surface area contributed by atoms with Crippen LogP contribution in [0.25, 0.3) is 10.1 Å². The van der Waals surface area contributed by atoms with E-state index in [2.05, 4.69) is 55.8 Å². The summed E-state index contributed by atoms with van der Waals surface area (Å²) in [6.07, 6.45) is 2.07. The van der Waals surface area contributed by atoms with Gasteiger partial charge in [0.05, 0.1) is 0 Å². The van der Waals surface area contributed by atoms with Crippen molar-refractivity contribution < 1.29 is 0 Å². The van der Waals surface area contributed by atoms with Crippen molar-refractivity contribution in [3.63, 3.8) is 0 Å². The summed E-state index contributed by atoms with van der Waals surface area (Å²) in [4.78, 5) is 0. The summed E-state index contributed by atoms with van der Waals surface area (Å²) < 4.78 is 1.36. The number of benzene rings is 1. The van der Waals surface area contributed by atoms with Gasteiger partial charge in [0.15, 0.2) is 0 Å². The summed E-state index contributed by atoms with van der Waals surface area (Å²) in [6.45, 7) is 6.76. The van der Waals surface area contributed by atoms with E-state index >= 15 is 0 Å². The van der Waals surface area contributed by atoms with Gasteiger partial charge in [0, 0.05) is 10.7 Å². The lowest BCUT2D eigenvalue weighted by atomic mass is 9.86. The molecule has 1 unspecified atom stereocenters. The largest absolute Gasteiger partial charge is 0.271 e. The van der Waals surface area contributed by atoms with E-state index in [1.807, 2.05) is 11.3 Å². The third-order valence-electron chi connectivity index (χ3n) is 3.12. The summed E-state index contributed by atoms with van der Waals surface area (Å²) in [6, 6.07) is 8.91. The highest BCUT2D eigenvalue weighted by Crippen LogP contribution is 2.28. The number of hydrogen-bond donors (Lipinski definition) is 2. The number of nitrogens with one attached hydrogen (secondary N) is 1. The van der Waals surface area contributed by atoms with Crippen LogP contribution in [-0.4, -0.2) is 6.04 Å². The van der Waals surface area contributed by atoms with E-state index in [0.717, 1.165) is 12.8 Å². The summed E-state index contributed by atoms with van der Waals surface area (Å²) in [5.74, 6) is 5.69. The van der Waals surface area contributed by atoms with Crippen molar-refractivity contribution in [3.8, 4) is 0 Å². The maximum absolute atomic E-state index is 5.69. The Morgan fingerprint density at radius 1 is 1.28 bits per heavy atom. The number of hydrogen-bond acceptors (Lipinski definition) is 3.